The minimum atomic E-state index is 0.775. The second-order valence-electron chi connectivity index (χ2n) is 5.21. The molecule has 1 aromatic rings. The molecule has 21 heavy (non-hydrogen) atoms. The van der Waals surface area contributed by atoms with Gasteiger partial charge in [0, 0.05) is 18.5 Å². The summed E-state index contributed by atoms with van der Waals surface area (Å²) < 4.78 is 0. The summed E-state index contributed by atoms with van der Waals surface area (Å²) in [4.78, 5) is 4.36. The van der Waals surface area contributed by atoms with E-state index in [4.69, 9.17) is 5.73 Å². The summed E-state index contributed by atoms with van der Waals surface area (Å²) in [6.07, 6.45) is 6.39. The topological polar surface area (TPSA) is 91.1 Å². The summed E-state index contributed by atoms with van der Waals surface area (Å²) in [5.41, 5.74) is 7.40. The van der Waals surface area contributed by atoms with Crippen molar-refractivity contribution in [1.82, 2.24) is 20.8 Å². The van der Waals surface area contributed by atoms with Crippen LogP contribution in [0.3, 0.4) is 0 Å². The molecule has 0 amide bonds. The van der Waals surface area contributed by atoms with Gasteiger partial charge in [0.05, 0.1) is 0 Å². The van der Waals surface area contributed by atoms with Crippen molar-refractivity contribution in [2.24, 2.45) is 10.7 Å². The van der Waals surface area contributed by atoms with Gasteiger partial charge in [-0.2, -0.15) is 5.10 Å². The maximum atomic E-state index is 5.43. The molecule has 1 heterocycles. The Labute approximate surface area is 128 Å². The van der Waals surface area contributed by atoms with Crippen molar-refractivity contribution in [2.75, 3.05) is 39.3 Å². The highest BCUT2D eigenvalue weighted by atomic mass is 15.1. The molecule has 0 radical (unpaired) electrons. The van der Waals surface area contributed by atoms with Crippen LogP contribution in [0.15, 0.2) is 11.1 Å². The van der Waals surface area contributed by atoms with Crippen molar-refractivity contribution < 1.29 is 0 Å². The summed E-state index contributed by atoms with van der Waals surface area (Å²) in [5.74, 6) is 0. The molecule has 6 heteroatoms. The Bertz CT molecular complexity index is 374. The Kier molecular flexibility index (Phi) is 10.6. The average Bonchev–Trinajstić information content (AvgIpc) is 2.89. The van der Waals surface area contributed by atoms with E-state index < -0.39 is 0 Å². The van der Waals surface area contributed by atoms with Gasteiger partial charge >= 0.3 is 0 Å². The lowest BCUT2D eigenvalue weighted by Gasteiger charge is -2.05. The largest absolute Gasteiger partial charge is 0.330 e. The summed E-state index contributed by atoms with van der Waals surface area (Å²) in [5, 5.41) is 13.8. The fourth-order valence-corrected chi connectivity index (χ4v) is 1.94. The third-order valence-electron chi connectivity index (χ3n) is 3.10. The summed E-state index contributed by atoms with van der Waals surface area (Å²) in [6.45, 7) is 7.85. The third-order valence-corrected chi connectivity index (χ3v) is 3.10. The van der Waals surface area contributed by atoms with E-state index in [1.165, 1.54) is 12.8 Å². The van der Waals surface area contributed by atoms with E-state index in [2.05, 4.69) is 25.8 Å². The van der Waals surface area contributed by atoms with Gasteiger partial charge in [-0.3, -0.25) is 10.1 Å². The van der Waals surface area contributed by atoms with Crippen LogP contribution in [-0.2, 0) is 0 Å². The van der Waals surface area contributed by atoms with Crippen molar-refractivity contribution in [3.63, 3.8) is 0 Å². The molecular weight excluding hydrogens is 264 g/mol. The second kappa shape index (κ2) is 12.5. The molecule has 0 aliphatic carbocycles. The molecule has 120 valence electrons. The van der Waals surface area contributed by atoms with E-state index >= 15 is 0 Å². The van der Waals surface area contributed by atoms with E-state index in [0.717, 1.165) is 63.5 Å². The second-order valence-corrected chi connectivity index (χ2v) is 5.21. The maximum absolute atomic E-state index is 5.43. The SMILES string of the molecule is Cc1cc(C=NCCCNCCCCNCCCN)n[nH]1. The van der Waals surface area contributed by atoms with E-state index in [1.54, 1.807) is 0 Å². The van der Waals surface area contributed by atoms with Crippen molar-refractivity contribution in [3.05, 3.63) is 17.5 Å². The average molecular weight is 294 g/mol. The van der Waals surface area contributed by atoms with Gasteiger partial charge in [0.15, 0.2) is 0 Å². The summed E-state index contributed by atoms with van der Waals surface area (Å²) in [7, 11) is 0. The first-order valence-corrected chi connectivity index (χ1v) is 7.96. The van der Waals surface area contributed by atoms with Crippen LogP contribution in [0.2, 0.25) is 0 Å². The van der Waals surface area contributed by atoms with Gasteiger partial charge in [0.1, 0.15) is 5.69 Å². The predicted molar refractivity (Wildman–Crippen MR) is 89.0 cm³/mol. The van der Waals surface area contributed by atoms with Crippen LogP contribution in [0.4, 0.5) is 0 Å². The number of aryl methyl sites for hydroxylation is 1. The number of hydrogen-bond donors (Lipinski definition) is 4. The molecule has 0 atom stereocenters. The van der Waals surface area contributed by atoms with Gasteiger partial charge in [-0.15, -0.1) is 0 Å². The minimum absolute atomic E-state index is 0.775. The fraction of sp³-hybridized carbons (Fsp3) is 0.733. The lowest BCUT2D eigenvalue weighted by molar-refractivity contribution is 0.570. The van der Waals surface area contributed by atoms with Gasteiger partial charge in [0.25, 0.3) is 0 Å². The zero-order chi connectivity index (χ0) is 15.2. The van der Waals surface area contributed by atoms with E-state index in [-0.39, 0.29) is 0 Å². The van der Waals surface area contributed by atoms with Crippen LogP contribution in [0, 0.1) is 6.92 Å². The molecule has 0 saturated carbocycles. The zero-order valence-electron chi connectivity index (χ0n) is 13.2. The lowest BCUT2D eigenvalue weighted by atomic mass is 10.3. The van der Waals surface area contributed by atoms with Crippen molar-refractivity contribution in [2.45, 2.75) is 32.6 Å². The first kappa shape index (κ1) is 17.8. The van der Waals surface area contributed by atoms with Crippen LogP contribution < -0.4 is 16.4 Å². The number of aromatic nitrogens is 2. The van der Waals surface area contributed by atoms with Gasteiger partial charge in [-0.1, -0.05) is 0 Å². The molecule has 0 saturated heterocycles. The first-order chi connectivity index (χ1) is 10.3. The van der Waals surface area contributed by atoms with Crippen molar-refractivity contribution in [1.29, 1.82) is 0 Å². The van der Waals surface area contributed by atoms with Crippen LogP contribution >= 0.6 is 0 Å². The molecule has 0 aliphatic rings. The Balaban J connectivity index is 1.81. The molecule has 1 aromatic heterocycles. The molecule has 5 N–H and O–H groups in total. The van der Waals surface area contributed by atoms with Crippen LogP contribution in [-0.4, -0.2) is 55.7 Å². The molecular formula is C15H30N6. The van der Waals surface area contributed by atoms with Crippen molar-refractivity contribution in [3.8, 4) is 0 Å². The number of nitrogens with two attached hydrogens (primary N) is 1. The molecule has 0 unspecified atom stereocenters. The smallest absolute Gasteiger partial charge is 0.103 e. The molecule has 6 nitrogen and oxygen atoms in total. The Morgan fingerprint density at radius 1 is 1.14 bits per heavy atom. The number of rotatable bonds is 13. The van der Waals surface area contributed by atoms with Crippen molar-refractivity contribution >= 4 is 6.21 Å². The molecule has 0 aromatic carbocycles. The van der Waals surface area contributed by atoms with Gasteiger partial charge in [-0.05, 0) is 71.4 Å². The highest BCUT2D eigenvalue weighted by Crippen LogP contribution is 1.94. The minimum Gasteiger partial charge on any atom is -0.330 e. The summed E-state index contributed by atoms with van der Waals surface area (Å²) in [6, 6.07) is 1.99. The number of aliphatic imine (C=N–C) groups is 1. The Morgan fingerprint density at radius 2 is 1.81 bits per heavy atom. The summed E-state index contributed by atoms with van der Waals surface area (Å²) >= 11 is 0. The number of hydrogen-bond acceptors (Lipinski definition) is 5. The standard InChI is InChI=1S/C15H30N6/c1-14-12-15(21-20-14)13-19-11-5-10-18-8-3-2-7-17-9-4-6-16/h12-13,17-18H,2-11,16H2,1H3,(H,20,21). The van der Waals surface area contributed by atoms with Gasteiger partial charge in [-0.25, -0.2) is 0 Å². The first-order valence-electron chi connectivity index (χ1n) is 7.96. The highest BCUT2D eigenvalue weighted by Gasteiger charge is 1.92. The highest BCUT2D eigenvalue weighted by molar-refractivity contribution is 5.76. The van der Waals surface area contributed by atoms with E-state index in [9.17, 15) is 0 Å². The number of unbranched alkanes of at least 4 members (excludes halogenated alkanes) is 1. The lowest BCUT2D eigenvalue weighted by Crippen LogP contribution is -2.21. The number of aromatic amines is 1. The monoisotopic (exact) mass is 294 g/mol. The van der Waals surface area contributed by atoms with E-state index in [1.807, 2.05) is 19.2 Å². The quantitative estimate of drug-likeness (QED) is 0.320. The van der Waals surface area contributed by atoms with Gasteiger partial charge in [0.2, 0.25) is 0 Å². The Morgan fingerprint density at radius 3 is 2.43 bits per heavy atom. The number of nitrogens with zero attached hydrogens (tertiary/aromatic N) is 2. The normalized spacial score (nSPS) is 11.5. The van der Waals surface area contributed by atoms with Crippen LogP contribution in [0.25, 0.3) is 0 Å². The number of H-pyrrole nitrogens is 1. The predicted octanol–water partition coefficient (Wildman–Crippen LogP) is 0.835. The Hall–Kier alpha value is -1.24. The zero-order valence-corrected chi connectivity index (χ0v) is 13.2. The maximum Gasteiger partial charge on any atom is 0.103 e. The molecule has 0 bridgehead atoms. The third kappa shape index (κ3) is 10.2. The molecule has 0 fully saturated rings. The molecule has 0 aliphatic heterocycles. The molecule has 0 spiro atoms. The molecule has 1 rings (SSSR count). The van der Waals surface area contributed by atoms with E-state index in [0.29, 0.717) is 0 Å². The van der Waals surface area contributed by atoms with Crippen LogP contribution in [0.1, 0.15) is 37.1 Å². The number of nitrogens with one attached hydrogen (secondary N) is 3. The van der Waals surface area contributed by atoms with Gasteiger partial charge < -0.3 is 16.4 Å². The fourth-order valence-electron chi connectivity index (χ4n) is 1.94. The van der Waals surface area contributed by atoms with Crippen LogP contribution in [0.5, 0.6) is 0 Å².